The van der Waals surface area contributed by atoms with Gasteiger partial charge in [-0.2, -0.15) is 5.26 Å². The van der Waals surface area contributed by atoms with Gasteiger partial charge in [-0.1, -0.05) is 0 Å². The molecule has 2 aliphatic carbocycles. The third-order valence-corrected chi connectivity index (χ3v) is 5.94. The van der Waals surface area contributed by atoms with Gasteiger partial charge in [0.25, 0.3) is 0 Å². The normalized spacial score (nSPS) is 42.7. The number of alkyl halides is 1. The summed E-state index contributed by atoms with van der Waals surface area (Å²) in [5, 5.41) is 12.4. The van der Waals surface area contributed by atoms with Crippen LogP contribution >= 0.6 is 0 Å². The first-order chi connectivity index (χ1) is 10.9. The van der Waals surface area contributed by atoms with Crippen LogP contribution in [0.3, 0.4) is 0 Å². The van der Waals surface area contributed by atoms with Gasteiger partial charge in [0.1, 0.15) is 12.2 Å². The van der Waals surface area contributed by atoms with Gasteiger partial charge in [0.15, 0.2) is 0 Å². The highest BCUT2D eigenvalue weighted by Gasteiger charge is 2.47. The first kappa shape index (κ1) is 16.7. The quantitative estimate of drug-likeness (QED) is 0.854. The van der Waals surface area contributed by atoms with Gasteiger partial charge in [-0.3, -0.25) is 4.79 Å². The molecule has 23 heavy (non-hydrogen) atoms. The fraction of sp³-hybridized carbons (Fsp3) is 0.882. The molecule has 0 radical (unpaired) electrons. The number of rotatable bonds is 4. The molecule has 0 aromatic carbocycles. The maximum absolute atomic E-state index is 13.4. The zero-order valence-electron chi connectivity index (χ0n) is 13.9. The van der Waals surface area contributed by atoms with Gasteiger partial charge in [-0.15, -0.1) is 0 Å². The first-order valence-electron chi connectivity index (χ1n) is 8.55. The molecule has 3 aliphatic rings. The van der Waals surface area contributed by atoms with Gasteiger partial charge in [-0.05, 0) is 44.4 Å². The van der Waals surface area contributed by atoms with E-state index >= 15 is 0 Å². The zero-order chi connectivity index (χ0) is 16.6. The molecule has 1 amide bonds. The Kier molecular flexibility index (Phi) is 4.61. The fourth-order valence-corrected chi connectivity index (χ4v) is 4.81. The van der Waals surface area contributed by atoms with Crippen molar-refractivity contribution in [2.75, 3.05) is 20.2 Å². The summed E-state index contributed by atoms with van der Waals surface area (Å²) >= 11 is 0. The molecule has 0 aromatic heterocycles. The van der Waals surface area contributed by atoms with E-state index in [1.54, 1.807) is 7.11 Å². The number of carbonyl (C=O) groups is 1. The fourth-order valence-electron chi connectivity index (χ4n) is 4.81. The van der Waals surface area contributed by atoms with E-state index in [9.17, 15) is 9.18 Å². The summed E-state index contributed by atoms with van der Waals surface area (Å²) in [6.45, 7) is 2.41. The predicted molar refractivity (Wildman–Crippen MR) is 83.3 cm³/mol. The first-order valence-corrected chi connectivity index (χ1v) is 8.55. The lowest BCUT2D eigenvalue weighted by Crippen LogP contribution is -2.48. The highest BCUT2D eigenvalue weighted by molar-refractivity contribution is 5.79. The largest absolute Gasteiger partial charge is 0.381 e. The Morgan fingerprint density at radius 2 is 2.04 bits per heavy atom. The smallest absolute Gasteiger partial charge is 0.237 e. The molecule has 1 heterocycles. The minimum atomic E-state index is -1.07. The number of amides is 1. The van der Waals surface area contributed by atoms with Gasteiger partial charge >= 0.3 is 0 Å². The van der Waals surface area contributed by atoms with Crippen LogP contribution in [0.5, 0.6) is 0 Å². The van der Waals surface area contributed by atoms with Crippen LogP contribution in [-0.4, -0.2) is 54.9 Å². The van der Waals surface area contributed by atoms with Gasteiger partial charge in [-0.25, -0.2) is 4.39 Å². The lowest BCUT2D eigenvalue weighted by Gasteiger charge is -2.29. The molecular formula is C17H26FN3O2. The van der Waals surface area contributed by atoms with Crippen molar-refractivity contribution in [3.63, 3.8) is 0 Å². The standard InChI is InChI=1S/C17H26FN3O2/c1-17(6-11-3-15(23-2)4-12(11)7-17)20-9-16(22)21-10-13(18)5-14(21)8-19/h11-15,20H,3-7,9-10H2,1-2H3/t11-,12+,13-,14?,15?,17?/m0/s1. The Hall–Kier alpha value is -1.19. The predicted octanol–water partition coefficient (Wildman–Crippen LogP) is 1.63. The SMILES string of the molecule is COC1C[C@@H]2CC(C)(NCC(=O)N3C[C@@H](F)CC3C#N)C[C@@H]2C1. The van der Waals surface area contributed by atoms with Crippen LogP contribution in [0.25, 0.3) is 0 Å². The van der Waals surface area contributed by atoms with Crippen LogP contribution in [0.1, 0.15) is 39.0 Å². The van der Waals surface area contributed by atoms with Crippen molar-refractivity contribution in [3.8, 4) is 6.07 Å². The monoisotopic (exact) mass is 323 g/mol. The van der Waals surface area contributed by atoms with Crippen LogP contribution < -0.4 is 5.32 Å². The van der Waals surface area contributed by atoms with Crippen molar-refractivity contribution in [2.45, 2.75) is 62.9 Å². The number of nitrogens with one attached hydrogen (secondary N) is 1. The van der Waals surface area contributed by atoms with E-state index in [-0.39, 0.29) is 31.0 Å². The topological polar surface area (TPSA) is 65.4 Å². The maximum atomic E-state index is 13.4. The second-order valence-electron chi connectivity index (χ2n) is 7.70. The highest BCUT2D eigenvalue weighted by Crippen LogP contribution is 2.49. The van der Waals surface area contributed by atoms with Crippen molar-refractivity contribution in [2.24, 2.45) is 11.8 Å². The van der Waals surface area contributed by atoms with E-state index in [2.05, 4.69) is 12.2 Å². The van der Waals surface area contributed by atoms with E-state index in [1.165, 1.54) is 4.90 Å². The molecule has 5 nitrogen and oxygen atoms in total. The number of methoxy groups -OCH3 is 1. The second kappa shape index (κ2) is 6.37. The molecule has 2 saturated carbocycles. The van der Waals surface area contributed by atoms with E-state index in [0.717, 1.165) is 25.7 Å². The summed E-state index contributed by atoms with van der Waals surface area (Å²) in [6, 6.07) is 1.42. The number of ether oxygens (including phenoxy) is 1. The molecular weight excluding hydrogens is 297 g/mol. The molecule has 0 aromatic rings. The van der Waals surface area contributed by atoms with Crippen molar-refractivity contribution >= 4 is 5.91 Å². The van der Waals surface area contributed by atoms with Crippen molar-refractivity contribution in [1.82, 2.24) is 10.2 Å². The molecule has 0 spiro atoms. The molecule has 3 rings (SSSR count). The number of nitrogens with zero attached hydrogens (tertiary/aromatic N) is 2. The van der Waals surface area contributed by atoms with Crippen LogP contribution in [0.2, 0.25) is 0 Å². The van der Waals surface area contributed by atoms with Gasteiger partial charge < -0.3 is 15.0 Å². The molecule has 6 atom stereocenters. The Labute approximate surface area is 137 Å². The number of carbonyl (C=O) groups excluding carboxylic acids is 1. The van der Waals surface area contributed by atoms with Gasteiger partial charge in [0.05, 0.1) is 25.3 Å². The molecule has 6 heteroatoms. The highest BCUT2D eigenvalue weighted by atomic mass is 19.1. The average molecular weight is 323 g/mol. The average Bonchev–Trinajstić information content (AvgIpc) is 3.15. The Morgan fingerprint density at radius 3 is 2.61 bits per heavy atom. The summed E-state index contributed by atoms with van der Waals surface area (Å²) < 4.78 is 18.9. The number of hydrogen-bond donors (Lipinski definition) is 1. The molecule has 3 fully saturated rings. The van der Waals surface area contributed by atoms with Crippen LogP contribution in [0, 0.1) is 23.2 Å². The number of nitriles is 1. The summed E-state index contributed by atoms with van der Waals surface area (Å²) in [5.74, 6) is 1.17. The number of halogens is 1. The van der Waals surface area contributed by atoms with Crippen molar-refractivity contribution < 1.29 is 13.9 Å². The molecule has 3 unspecified atom stereocenters. The number of likely N-dealkylation sites (tertiary alicyclic amines) is 1. The third-order valence-electron chi connectivity index (χ3n) is 5.94. The summed E-state index contributed by atoms with van der Waals surface area (Å²) in [4.78, 5) is 13.7. The van der Waals surface area contributed by atoms with Crippen molar-refractivity contribution in [1.29, 1.82) is 5.26 Å². The van der Waals surface area contributed by atoms with E-state index in [4.69, 9.17) is 10.00 Å². The van der Waals surface area contributed by atoms with Crippen LogP contribution in [0.15, 0.2) is 0 Å². The van der Waals surface area contributed by atoms with Crippen LogP contribution in [0.4, 0.5) is 4.39 Å². The molecule has 1 N–H and O–H groups in total. The lowest BCUT2D eigenvalue weighted by atomic mass is 9.95. The van der Waals surface area contributed by atoms with Gasteiger partial charge in [0, 0.05) is 19.1 Å². The van der Waals surface area contributed by atoms with Crippen LogP contribution in [-0.2, 0) is 9.53 Å². The molecule has 1 saturated heterocycles. The molecule has 128 valence electrons. The Balaban J connectivity index is 1.51. The number of hydrogen-bond acceptors (Lipinski definition) is 4. The second-order valence-corrected chi connectivity index (χ2v) is 7.70. The molecule has 1 aliphatic heterocycles. The summed E-state index contributed by atoms with van der Waals surface area (Å²) in [5.41, 5.74) is -0.0410. The minimum absolute atomic E-state index is 0.0410. The minimum Gasteiger partial charge on any atom is -0.381 e. The third kappa shape index (κ3) is 3.36. The number of fused-ring (bicyclic) bond motifs is 1. The van der Waals surface area contributed by atoms with E-state index in [0.29, 0.717) is 17.9 Å². The Bertz CT molecular complexity index is 493. The van der Waals surface area contributed by atoms with E-state index in [1.807, 2.05) is 6.07 Å². The molecule has 0 bridgehead atoms. The van der Waals surface area contributed by atoms with Crippen molar-refractivity contribution in [3.05, 3.63) is 0 Å². The van der Waals surface area contributed by atoms with E-state index < -0.39 is 12.2 Å². The Morgan fingerprint density at radius 1 is 1.39 bits per heavy atom. The maximum Gasteiger partial charge on any atom is 0.237 e. The van der Waals surface area contributed by atoms with Gasteiger partial charge in [0.2, 0.25) is 5.91 Å². The zero-order valence-corrected chi connectivity index (χ0v) is 13.9. The summed E-state index contributed by atoms with van der Waals surface area (Å²) in [6.07, 6.45) is 3.78. The lowest BCUT2D eigenvalue weighted by molar-refractivity contribution is -0.130. The summed E-state index contributed by atoms with van der Waals surface area (Å²) in [7, 11) is 1.78.